The highest BCUT2D eigenvalue weighted by Gasteiger charge is 2.11. The molecule has 0 unspecified atom stereocenters. The quantitative estimate of drug-likeness (QED) is 0.915. The zero-order chi connectivity index (χ0) is 15.4. The maximum atomic E-state index is 13.5. The molecule has 0 saturated heterocycles. The standard InChI is InChI=1S/C15H9BrF2N2O/c16-11-2-4-14(10(5-11)8-19)20-15(21)6-9-1-3-12(17)7-13(9)18/h1-5,7H,6H2,(H,20,21). The lowest BCUT2D eigenvalue weighted by Crippen LogP contribution is -2.16. The van der Waals surface area contributed by atoms with E-state index in [1.807, 2.05) is 6.07 Å². The van der Waals surface area contributed by atoms with E-state index in [0.717, 1.165) is 12.1 Å². The molecule has 0 heterocycles. The fraction of sp³-hybridized carbons (Fsp3) is 0.0667. The third kappa shape index (κ3) is 3.86. The zero-order valence-corrected chi connectivity index (χ0v) is 12.2. The number of halogens is 3. The molecule has 0 aliphatic rings. The van der Waals surface area contributed by atoms with E-state index in [1.54, 1.807) is 18.2 Å². The van der Waals surface area contributed by atoms with Crippen LogP contribution in [0.25, 0.3) is 0 Å². The summed E-state index contributed by atoms with van der Waals surface area (Å²) in [6, 6.07) is 9.80. The summed E-state index contributed by atoms with van der Waals surface area (Å²) in [6.45, 7) is 0. The summed E-state index contributed by atoms with van der Waals surface area (Å²) >= 11 is 3.22. The number of rotatable bonds is 3. The van der Waals surface area contributed by atoms with E-state index < -0.39 is 17.5 Å². The van der Waals surface area contributed by atoms with Crippen LogP contribution >= 0.6 is 15.9 Å². The largest absolute Gasteiger partial charge is 0.325 e. The van der Waals surface area contributed by atoms with Gasteiger partial charge in [0.1, 0.15) is 17.7 Å². The smallest absolute Gasteiger partial charge is 0.228 e. The lowest BCUT2D eigenvalue weighted by atomic mass is 10.1. The minimum atomic E-state index is -0.776. The molecule has 0 saturated carbocycles. The minimum Gasteiger partial charge on any atom is -0.325 e. The van der Waals surface area contributed by atoms with Crippen LogP contribution in [0.3, 0.4) is 0 Å². The van der Waals surface area contributed by atoms with E-state index in [-0.39, 0.29) is 17.5 Å². The molecule has 0 aliphatic carbocycles. The van der Waals surface area contributed by atoms with E-state index >= 15 is 0 Å². The SMILES string of the molecule is N#Cc1cc(Br)ccc1NC(=O)Cc1ccc(F)cc1F. The molecule has 0 aromatic heterocycles. The van der Waals surface area contributed by atoms with Gasteiger partial charge in [0.15, 0.2) is 0 Å². The van der Waals surface area contributed by atoms with Gasteiger partial charge in [0, 0.05) is 10.5 Å². The van der Waals surface area contributed by atoms with Crippen molar-refractivity contribution in [3.63, 3.8) is 0 Å². The number of carbonyl (C=O) groups is 1. The van der Waals surface area contributed by atoms with E-state index in [2.05, 4.69) is 21.2 Å². The van der Waals surface area contributed by atoms with Crippen molar-refractivity contribution in [3.8, 4) is 6.07 Å². The average molecular weight is 351 g/mol. The summed E-state index contributed by atoms with van der Waals surface area (Å²) < 4.78 is 27.0. The lowest BCUT2D eigenvalue weighted by molar-refractivity contribution is -0.115. The Morgan fingerprint density at radius 2 is 2.00 bits per heavy atom. The van der Waals surface area contributed by atoms with E-state index in [9.17, 15) is 13.6 Å². The number of hydrogen-bond acceptors (Lipinski definition) is 2. The van der Waals surface area contributed by atoms with Crippen LogP contribution in [0.15, 0.2) is 40.9 Å². The van der Waals surface area contributed by atoms with Gasteiger partial charge < -0.3 is 5.32 Å². The number of nitriles is 1. The Kier molecular flexibility index (Phi) is 4.66. The fourth-order valence-corrected chi connectivity index (χ4v) is 2.11. The van der Waals surface area contributed by atoms with Crippen LogP contribution in [0.4, 0.5) is 14.5 Å². The van der Waals surface area contributed by atoms with E-state index in [1.165, 1.54) is 6.07 Å². The van der Waals surface area contributed by atoms with Crippen LogP contribution in [0, 0.1) is 23.0 Å². The van der Waals surface area contributed by atoms with Crippen molar-refractivity contribution in [1.82, 2.24) is 0 Å². The molecular formula is C15H9BrF2N2O. The van der Waals surface area contributed by atoms with Crippen molar-refractivity contribution >= 4 is 27.5 Å². The van der Waals surface area contributed by atoms with E-state index in [4.69, 9.17) is 5.26 Å². The summed E-state index contributed by atoms with van der Waals surface area (Å²) in [4.78, 5) is 11.9. The Hall–Kier alpha value is -2.26. The van der Waals surface area contributed by atoms with E-state index in [0.29, 0.717) is 10.2 Å². The second-order valence-electron chi connectivity index (χ2n) is 4.26. The lowest BCUT2D eigenvalue weighted by Gasteiger charge is -2.08. The third-order valence-corrected chi connectivity index (χ3v) is 3.24. The monoisotopic (exact) mass is 350 g/mol. The molecule has 0 atom stereocenters. The molecule has 6 heteroatoms. The molecule has 0 bridgehead atoms. The second kappa shape index (κ2) is 6.46. The summed E-state index contributed by atoms with van der Waals surface area (Å²) in [5.41, 5.74) is 0.718. The third-order valence-electron chi connectivity index (χ3n) is 2.74. The van der Waals surface area contributed by atoms with Crippen molar-refractivity contribution in [2.24, 2.45) is 0 Å². The highest BCUT2D eigenvalue weighted by atomic mass is 79.9. The summed E-state index contributed by atoms with van der Waals surface area (Å²) in [7, 11) is 0. The van der Waals surface area contributed by atoms with Crippen molar-refractivity contribution in [3.05, 3.63) is 63.6 Å². The first-order valence-corrected chi connectivity index (χ1v) is 6.72. The molecule has 2 aromatic carbocycles. The van der Waals surface area contributed by atoms with Gasteiger partial charge in [-0.25, -0.2) is 8.78 Å². The van der Waals surface area contributed by atoms with Gasteiger partial charge in [-0.3, -0.25) is 4.79 Å². The number of amides is 1. The number of nitrogens with one attached hydrogen (secondary N) is 1. The molecule has 0 aliphatic heterocycles. The topological polar surface area (TPSA) is 52.9 Å². The highest BCUT2D eigenvalue weighted by Crippen LogP contribution is 2.20. The number of hydrogen-bond donors (Lipinski definition) is 1. The van der Waals surface area contributed by atoms with Crippen molar-refractivity contribution in [2.75, 3.05) is 5.32 Å². The Bertz CT molecular complexity index is 741. The number of carbonyl (C=O) groups excluding carboxylic acids is 1. The zero-order valence-electron chi connectivity index (χ0n) is 10.7. The predicted molar refractivity (Wildman–Crippen MR) is 77.5 cm³/mol. The van der Waals surface area contributed by atoms with Gasteiger partial charge in [-0.1, -0.05) is 22.0 Å². The number of benzene rings is 2. The highest BCUT2D eigenvalue weighted by molar-refractivity contribution is 9.10. The van der Waals surface area contributed by atoms with Gasteiger partial charge in [0.05, 0.1) is 17.7 Å². The fourth-order valence-electron chi connectivity index (χ4n) is 1.75. The van der Waals surface area contributed by atoms with Gasteiger partial charge in [-0.15, -0.1) is 0 Å². The van der Waals surface area contributed by atoms with Crippen molar-refractivity contribution in [1.29, 1.82) is 5.26 Å². The average Bonchev–Trinajstić information content (AvgIpc) is 2.44. The van der Waals surface area contributed by atoms with Crippen molar-refractivity contribution < 1.29 is 13.6 Å². The van der Waals surface area contributed by atoms with Crippen LogP contribution in [0.2, 0.25) is 0 Å². The van der Waals surface area contributed by atoms with Crippen LogP contribution in [0.5, 0.6) is 0 Å². The molecule has 0 radical (unpaired) electrons. The van der Waals surface area contributed by atoms with Crippen molar-refractivity contribution in [2.45, 2.75) is 6.42 Å². The number of anilines is 1. The van der Waals surface area contributed by atoms with Gasteiger partial charge in [0.25, 0.3) is 0 Å². The molecule has 106 valence electrons. The Labute approximate surface area is 128 Å². The molecule has 1 N–H and O–H groups in total. The van der Waals surface area contributed by atoms with Gasteiger partial charge in [-0.05, 0) is 29.8 Å². The molecular weight excluding hydrogens is 342 g/mol. The normalized spacial score (nSPS) is 10.0. The molecule has 0 fully saturated rings. The summed E-state index contributed by atoms with van der Waals surface area (Å²) in [6.07, 6.45) is -0.243. The summed E-state index contributed by atoms with van der Waals surface area (Å²) in [5, 5.41) is 11.5. The Morgan fingerprint density at radius 3 is 2.67 bits per heavy atom. The van der Waals surface area contributed by atoms with Gasteiger partial charge >= 0.3 is 0 Å². The molecule has 0 spiro atoms. The molecule has 1 amide bonds. The van der Waals surface area contributed by atoms with Crippen LogP contribution in [-0.4, -0.2) is 5.91 Å². The molecule has 3 nitrogen and oxygen atoms in total. The van der Waals surface area contributed by atoms with Crippen LogP contribution in [-0.2, 0) is 11.2 Å². The van der Waals surface area contributed by atoms with Crippen LogP contribution in [0.1, 0.15) is 11.1 Å². The maximum absolute atomic E-state index is 13.5. The Morgan fingerprint density at radius 1 is 1.24 bits per heavy atom. The first kappa shape index (κ1) is 15.1. The first-order chi connectivity index (χ1) is 9.99. The second-order valence-corrected chi connectivity index (χ2v) is 5.18. The van der Waals surface area contributed by atoms with Crippen LogP contribution < -0.4 is 5.32 Å². The number of nitrogens with zero attached hydrogens (tertiary/aromatic N) is 1. The summed E-state index contributed by atoms with van der Waals surface area (Å²) in [5.74, 6) is -1.96. The minimum absolute atomic E-state index is 0.0875. The maximum Gasteiger partial charge on any atom is 0.228 e. The first-order valence-electron chi connectivity index (χ1n) is 5.93. The Balaban J connectivity index is 2.14. The van der Waals surface area contributed by atoms with Gasteiger partial charge in [-0.2, -0.15) is 5.26 Å². The molecule has 21 heavy (non-hydrogen) atoms. The molecule has 2 aromatic rings. The van der Waals surface area contributed by atoms with Gasteiger partial charge in [0.2, 0.25) is 5.91 Å². The molecule has 2 rings (SSSR count). The predicted octanol–water partition coefficient (Wildman–Crippen LogP) is 3.78.